The molecule has 1 heterocycles. The lowest BCUT2D eigenvalue weighted by Gasteiger charge is -2.32. The first kappa shape index (κ1) is 20.5. The fourth-order valence-corrected chi connectivity index (χ4v) is 5.35. The van der Waals surface area contributed by atoms with Crippen molar-refractivity contribution in [2.45, 2.75) is 37.1 Å². The summed E-state index contributed by atoms with van der Waals surface area (Å²) in [6.07, 6.45) is 2.25. The summed E-state index contributed by atoms with van der Waals surface area (Å²) >= 11 is 7.14. The van der Waals surface area contributed by atoms with Gasteiger partial charge in [-0.3, -0.25) is 0 Å². The van der Waals surface area contributed by atoms with E-state index in [9.17, 15) is 8.42 Å². The SMILES string of the molecule is CCCS(=O)(=O)N1CCC(NC(=S)NCCSc2ccccc2)CC1. The van der Waals surface area contributed by atoms with Gasteiger partial charge in [-0.15, -0.1) is 11.8 Å². The summed E-state index contributed by atoms with van der Waals surface area (Å²) in [5.41, 5.74) is 0. The van der Waals surface area contributed by atoms with Gasteiger partial charge in [0.2, 0.25) is 10.0 Å². The van der Waals surface area contributed by atoms with Crippen molar-refractivity contribution in [3.05, 3.63) is 30.3 Å². The monoisotopic (exact) mass is 401 g/mol. The number of sulfonamides is 1. The molecular formula is C17H27N3O2S3. The van der Waals surface area contributed by atoms with Crippen LogP contribution in [0.1, 0.15) is 26.2 Å². The van der Waals surface area contributed by atoms with Gasteiger partial charge in [0.05, 0.1) is 5.75 Å². The zero-order valence-corrected chi connectivity index (χ0v) is 17.1. The van der Waals surface area contributed by atoms with Gasteiger partial charge >= 0.3 is 0 Å². The van der Waals surface area contributed by atoms with Crippen molar-refractivity contribution in [1.29, 1.82) is 0 Å². The molecule has 0 amide bonds. The van der Waals surface area contributed by atoms with Gasteiger partial charge in [0.15, 0.2) is 5.11 Å². The number of nitrogens with one attached hydrogen (secondary N) is 2. The van der Waals surface area contributed by atoms with Gasteiger partial charge in [0.1, 0.15) is 0 Å². The molecule has 1 aromatic rings. The highest BCUT2D eigenvalue weighted by molar-refractivity contribution is 7.99. The molecule has 2 N–H and O–H groups in total. The Morgan fingerprint density at radius 3 is 2.60 bits per heavy atom. The number of hydrogen-bond donors (Lipinski definition) is 2. The molecule has 0 saturated carbocycles. The van der Waals surface area contributed by atoms with E-state index in [1.54, 1.807) is 16.1 Å². The smallest absolute Gasteiger partial charge is 0.214 e. The molecule has 0 bridgehead atoms. The molecule has 0 aliphatic carbocycles. The van der Waals surface area contributed by atoms with Crippen LogP contribution in [0.5, 0.6) is 0 Å². The van der Waals surface area contributed by atoms with Crippen molar-refractivity contribution in [1.82, 2.24) is 14.9 Å². The number of benzene rings is 1. The average Bonchev–Trinajstić information content (AvgIpc) is 2.60. The Hall–Kier alpha value is -0.830. The highest BCUT2D eigenvalue weighted by Crippen LogP contribution is 2.16. The predicted molar refractivity (Wildman–Crippen MR) is 110 cm³/mol. The molecule has 25 heavy (non-hydrogen) atoms. The Labute approximate surface area is 161 Å². The van der Waals surface area contributed by atoms with Gasteiger partial charge in [-0.2, -0.15) is 0 Å². The zero-order chi connectivity index (χ0) is 18.1. The van der Waals surface area contributed by atoms with E-state index in [2.05, 4.69) is 22.8 Å². The summed E-state index contributed by atoms with van der Waals surface area (Å²) in [5, 5.41) is 7.20. The molecule has 0 spiro atoms. The number of thiocarbonyl (C=S) groups is 1. The van der Waals surface area contributed by atoms with Gasteiger partial charge < -0.3 is 10.6 Å². The molecular weight excluding hydrogens is 374 g/mol. The Balaban J connectivity index is 1.62. The number of hydrogen-bond acceptors (Lipinski definition) is 4. The van der Waals surface area contributed by atoms with Gasteiger partial charge in [-0.05, 0) is 43.6 Å². The van der Waals surface area contributed by atoms with E-state index in [1.165, 1.54) is 4.90 Å². The molecule has 5 nitrogen and oxygen atoms in total. The Morgan fingerprint density at radius 2 is 1.96 bits per heavy atom. The number of piperidine rings is 1. The highest BCUT2D eigenvalue weighted by atomic mass is 32.2. The van der Waals surface area contributed by atoms with Gasteiger partial charge in [0.25, 0.3) is 0 Å². The van der Waals surface area contributed by atoms with E-state index in [1.807, 2.05) is 25.1 Å². The first-order chi connectivity index (χ1) is 12.0. The third kappa shape index (κ3) is 7.13. The minimum absolute atomic E-state index is 0.240. The van der Waals surface area contributed by atoms with E-state index < -0.39 is 10.0 Å². The van der Waals surface area contributed by atoms with Crippen molar-refractivity contribution >= 4 is 39.1 Å². The normalized spacial score (nSPS) is 16.5. The Morgan fingerprint density at radius 1 is 1.28 bits per heavy atom. The summed E-state index contributed by atoms with van der Waals surface area (Å²) in [6, 6.07) is 10.5. The summed E-state index contributed by atoms with van der Waals surface area (Å²) in [6.45, 7) is 3.85. The summed E-state index contributed by atoms with van der Waals surface area (Å²) in [7, 11) is -3.07. The average molecular weight is 402 g/mol. The minimum atomic E-state index is -3.07. The van der Waals surface area contributed by atoms with Crippen molar-refractivity contribution in [2.24, 2.45) is 0 Å². The van der Waals surface area contributed by atoms with Crippen molar-refractivity contribution in [3.63, 3.8) is 0 Å². The zero-order valence-electron chi connectivity index (χ0n) is 14.6. The Kier molecular flexibility index (Phi) is 8.48. The molecule has 8 heteroatoms. The van der Waals surface area contributed by atoms with Crippen molar-refractivity contribution in [3.8, 4) is 0 Å². The molecule has 2 rings (SSSR count). The lowest BCUT2D eigenvalue weighted by Crippen LogP contribution is -2.49. The fourth-order valence-electron chi connectivity index (χ4n) is 2.75. The standard InChI is InChI=1S/C17H27N3O2S3/c1-2-14-25(21,22)20-11-8-15(9-12-20)19-17(23)18-10-13-24-16-6-4-3-5-7-16/h3-7,15H,2,8-14H2,1H3,(H2,18,19,23). The highest BCUT2D eigenvalue weighted by Gasteiger charge is 2.27. The van der Waals surface area contributed by atoms with Crippen LogP contribution in [0.4, 0.5) is 0 Å². The molecule has 1 aliphatic rings. The molecule has 1 aliphatic heterocycles. The van der Waals surface area contributed by atoms with E-state index in [0.29, 0.717) is 24.6 Å². The van der Waals surface area contributed by atoms with Crippen LogP contribution in [0.2, 0.25) is 0 Å². The minimum Gasteiger partial charge on any atom is -0.362 e. The third-order valence-electron chi connectivity index (χ3n) is 4.04. The van der Waals surface area contributed by atoms with Crippen LogP contribution in [0.3, 0.4) is 0 Å². The largest absolute Gasteiger partial charge is 0.362 e. The van der Waals surface area contributed by atoms with Crippen LogP contribution in [0.15, 0.2) is 35.2 Å². The molecule has 0 aromatic heterocycles. The van der Waals surface area contributed by atoms with Crippen LogP contribution in [0.25, 0.3) is 0 Å². The van der Waals surface area contributed by atoms with Crippen LogP contribution in [-0.4, -0.2) is 55.0 Å². The molecule has 0 unspecified atom stereocenters. The fraction of sp³-hybridized carbons (Fsp3) is 0.588. The van der Waals surface area contributed by atoms with E-state index in [0.717, 1.165) is 25.1 Å². The van der Waals surface area contributed by atoms with Crippen LogP contribution >= 0.6 is 24.0 Å². The van der Waals surface area contributed by atoms with Crippen LogP contribution in [0, 0.1) is 0 Å². The van der Waals surface area contributed by atoms with Gasteiger partial charge in [0, 0.05) is 36.3 Å². The molecule has 1 aromatic carbocycles. The molecule has 140 valence electrons. The number of thioether (sulfide) groups is 1. The Bertz CT molecular complexity index is 630. The summed E-state index contributed by atoms with van der Waals surface area (Å²) in [5.74, 6) is 1.18. The maximum Gasteiger partial charge on any atom is 0.214 e. The lowest BCUT2D eigenvalue weighted by molar-refractivity contribution is 0.307. The van der Waals surface area contributed by atoms with Gasteiger partial charge in [-0.25, -0.2) is 12.7 Å². The van der Waals surface area contributed by atoms with Crippen LogP contribution < -0.4 is 10.6 Å². The third-order valence-corrected chi connectivity index (χ3v) is 7.40. The summed E-state index contributed by atoms with van der Waals surface area (Å²) in [4.78, 5) is 1.25. The molecule has 0 radical (unpaired) electrons. The maximum atomic E-state index is 12.1. The topological polar surface area (TPSA) is 61.4 Å². The van der Waals surface area contributed by atoms with Gasteiger partial charge in [-0.1, -0.05) is 25.1 Å². The molecule has 1 saturated heterocycles. The second-order valence-corrected chi connectivity index (χ2v) is 9.72. The molecule has 1 fully saturated rings. The first-order valence-corrected chi connectivity index (χ1v) is 11.7. The summed E-state index contributed by atoms with van der Waals surface area (Å²) < 4.78 is 25.8. The second-order valence-electron chi connectivity index (χ2n) is 6.05. The van der Waals surface area contributed by atoms with Crippen molar-refractivity contribution in [2.75, 3.05) is 31.1 Å². The molecule has 0 atom stereocenters. The quantitative estimate of drug-likeness (QED) is 0.396. The van der Waals surface area contributed by atoms with E-state index in [4.69, 9.17) is 12.2 Å². The van der Waals surface area contributed by atoms with E-state index >= 15 is 0 Å². The predicted octanol–water partition coefficient (Wildman–Crippen LogP) is 2.45. The lowest BCUT2D eigenvalue weighted by atomic mass is 10.1. The van der Waals surface area contributed by atoms with Crippen LogP contribution in [-0.2, 0) is 10.0 Å². The second kappa shape index (κ2) is 10.4. The number of nitrogens with zero attached hydrogens (tertiary/aromatic N) is 1. The van der Waals surface area contributed by atoms with E-state index in [-0.39, 0.29) is 11.8 Å². The number of rotatable bonds is 8. The first-order valence-electron chi connectivity index (χ1n) is 8.71. The maximum absolute atomic E-state index is 12.1. The van der Waals surface area contributed by atoms with Crippen molar-refractivity contribution < 1.29 is 8.42 Å².